The van der Waals surface area contributed by atoms with Crippen LogP contribution in [0.25, 0.3) is 11.1 Å². The number of pyridine rings is 1. The summed E-state index contributed by atoms with van der Waals surface area (Å²) < 4.78 is 0. The molecule has 4 heteroatoms. The van der Waals surface area contributed by atoms with Crippen LogP contribution < -0.4 is 0 Å². The molecule has 0 unspecified atom stereocenters. The molecule has 1 heterocycles. The minimum atomic E-state index is -0.907. The number of carboxylic acid groups (broad SMARTS) is 1. The molecule has 0 aliphatic heterocycles. The lowest BCUT2D eigenvalue weighted by atomic mass is 9.99. The lowest BCUT2D eigenvalue weighted by Crippen LogP contribution is -2.00. The summed E-state index contributed by atoms with van der Waals surface area (Å²) in [7, 11) is 0. The number of aromatic carboxylic acids is 1. The fraction of sp³-hybridized carbons (Fsp3) is 0.0769. The van der Waals surface area contributed by atoms with Crippen LogP contribution in [0.2, 0.25) is 0 Å². The largest absolute Gasteiger partial charge is 0.478 e. The molecule has 17 heavy (non-hydrogen) atoms. The quantitative estimate of drug-likeness (QED) is 0.889. The minimum Gasteiger partial charge on any atom is -0.478 e. The van der Waals surface area contributed by atoms with Crippen molar-refractivity contribution in [3.05, 3.63) is 53.9 Å². The molecule has 1 N–H and O–H groups in total. The third kappa shape index (κ3) is 2.82. The van der Waals surface area contributed by atoms with Crippen LogP contribution >= 0.6 is 12.4 Å². The van der Waals surface area contributed by atoms with E-state index < -0.39 is 5.97 Å². The molecule has 2 aromatic rings. The summed E-state index contributed by atoms with van der Waals surface area (Å²) in [6.45, 7) is 1.88. The molecule has 0 amide bonds. The molecule has 0 fully saturated rings. The Morgan fingerprint density at radius 3 is 2.41 bits per heavy atom. The second-order valence-electron chi connectivity index (χ2n) is 3.59. The summed E-state index contributed by atoms with van der Waals surface area (Å²) in [5.41, 5.74) is 2.86. The minimum absolute atomic E-state index is 0. The summed E-state index contributed by atoms with van der Waals surface area (Å²) in [6, 6.07) is 9.02. The predicted octanol–water partition coefficient (Wildman–Crippen LogP) is 3.18. The second-order valence-corrected chi connectivity index (χ2v) is 3.59. The van der Waals surface area contributed by atoms with E-state index in [1.807, 2.05) is 19.1 Å². The average Bonchev–Trinajstić information content (AvgIpc) is 2.30. The van der Waals surface area contributed by atoms with Crippen molar-refractivity contribution in [3.8, 4) is 11.1 Å². The normalized spacial score (nSPS) is 9.47. The van der Waals surface area contributed by atoms with Gasteiger partial charge >= 0.3 is 5.97 Å². The SMILES string of the molecule is Cc1ccc(-c2ccncc2)c(C(=O)O)c1.Cl. The number of aryl methyl sites for hydroxylation is 1. The van der Waals surface area contributed by atoms with Gasteiger partial charge in [-0.25, -0.2) is 4.79 Å². The molecule has 0 spiro atoms. The molecular formula is C13H12ClNO2. The van der Waals surface area contributed by atoms with Crippen molar-refractivity contribution >= 4 is 18.4 Å². The fourth-order valence-electron chi connectivity index (χ4n) is 1.62. The average molecular weight is 250 g/mol. The maximum atomic E-state index is 11.1. The van der Waals surface area contributed by atoms with Crippen molar-refractivity contribution in [1.82, 2.24) is 4.98 Å². The first-order chi connectivity index (χ1) is 7.68. The van der Waals surface area contributed by atoms with Crippen molar-refractivity contribution in [3.63, 3.8) is 0 Å². The third-order valence-electron chi connectivity index (χ3n) is 2.40. The Bertz CT molecular complexity index is 526. The zero-order valence-electron chi connectivity index (χ0n) is 9.25. The fourth-order valence-corrected chi connectivity index (χ4v) is 1.62. The molecule has 1 aromatic carbocycles. The van der Waals surface area contributed by atoms with Crippen LogP contribution in [0.5, 0.6) is 0 Å². The number of halogens is 1. The Hall–Kier alpha value is -1.87. The topological polar surface area (TPSA) is 50.2 Å². The molecular weight excluding hydrogens is 238 g/mol. The van der Waals surface area contributed by atoms with E-state index in [0.717, 1.165) is 16.7 Å². The molecule has 3 nitrogen and oxygen atoms in total. The first-order valence-corrected chi connectivity index (χ1v) is 4.93. The van der Waals surface area contributed by atoms with Crippen LogP contribution in [-0.2, 0) is 0 Å². The maximum absolute atomic E-state index is 11.1. The molecule has 0 aliphatic carbocycles. The third-order valence-corrected chi connectivity index (χ3v) is 2.40. The van der Waals surface area contributed by atoms with E-state index in [2.05, 4.69) is 4.98 Å². The van der Waals surface area contributed by atoms with E-state index >= 15 is 0 Å². The standard InChI is InChI=1S/C13H11NO2.ClH/c1-9-2-3-11(12(8-9)13(15)16)10-4-6-14-7-5-10;/h2-8H,1H3,(H,15,16);1H. The Kier molecular flexibility index (Phi) is 4.24. The summed E-state index contributed by atoms with van der Waals surface area (Å²) in [5.74, 6) is -0.907. The lowest BCUT2D eigenvalue weighted by Gasteiger charge is -2.06. The number of rotatable bonds is 2. The number of nitrogens with zero attached hydrogens (tertiary/aromatic N) is 1. The molecule has 88 valence electrons. The number of hydrogen-bond donors (Lipinski definition) is 1. The molecule has 0 atom stereocenters. The number of benzene rings is 1. The van der Waals surface area contributed by atoms with Crippen LogP contribution in [-0.4, -0.2) is 16.1 Å². The zero-order chi connectivity index (χ0) is 11.5. The molecule has 1 aromatic heterocycles. The molecule has 0 saturated heterocycles. The first-order valence-electron chi connectivity index (χ1n) is 4.93. The molecule has 0 bridgehead atoms. The van der Waals surface area contributed by atoms with Crippen molar-refractivity contribution in [1.29, 1.82) is 0 Å². The number of aromatic nitrogens is 1. The highest BCUT2D eigenvalue weighted by Crippen LogP contribution is 2.24. The van der Waals surface area contributed by atoms with E-state index in [0.29, 0.717) is 5.56 Å². The number of carbonyl (C=O) groups is 1. The number of carboxylic acids is 1. The van der Waals surface area contributed by atoms with Crippen molar-refractivity contribution in [2.45, 2.75) is 6.92 Å². The van der Waals surface area contributed by atoms with Crippen molar-refractivity contribution < 1.29 is 9.90 Å². The highest BCUT2D eigenvalue weighted by Gasteiger charge is 2.11. The van der Waals surface area contributed by atoms with Gasteiger partial charge in [0.05, 0.1) is 5.56 Å². The van der Waals surface area contributed by atoms with Gasteiger partial charge in [0.15, 0.2) is 0 Å². The maximum Gasteiger partial charge on any atom is 0.336 e. The second kappa shape index (κ2) is 5.46. The van der Waals surface area contributed by atoms with Gasteiger partial charge in [-0.05, 0) is 36.2 Å². The monoisotopic (exact) mass is 249 g/mol. The highest BCUT2D eigenvalue weighted by molar-refractivity contribution is 5.96. The Labute approximate surface area is 106 Å². The molecule has 2 rings (SSSR count). The highest BCUT2D eigenvalue weighted by atomic mass is 35.5. The smallest absolute Gasteiger partial charge is 0.336 e. The summed E-state index contributed by atoms with van der Waals surface area (Å²) in [6.07, 6.45) is 3.31. The van der Waals surface area contributed by atoms with Gasteiger partial charge in [-0.2, -0.15) is 0 Å². The van der Waals surface area contributed by atoms with E-state index in [9.17, 15) is 4.79 Å². The van der Waals surface area contributed by atoms with Crippen LogP contribution in [0, 0.1) is 6.92 Å². The van der Waals surface area contributed by atoms with Gasteiger partial charge in [-0.3, -0.25) is 4.98 Å². The lowest BCUT2D eigenvalue weighted by molar-refractivity contribution is 0.0697. The Morgan fingerprint density at radius 2 is 1.82 bits per heavy atom. The van der Waals surface area contributed by atoms with E-state index in [1.165, 1.54) is 0 Å². The summed E-state index contributed by atoms with van der Waals surface area (Å²) in [4.78, 5) is 15.0. The van der Waals surface area contributed by atoms with E-state index in [4.69, 9.17) is 5.11 Å². The van der Waals surface area contributed by atoms with Crippen molar-refractivity contribution in [2.24, 2.45) is 0 Å². The molecule has 0 saturated carbocycles. The van der Waals surface area contributed by atoms with Crippen LogP contribution in [0.3, 0.4) is 0 Å². The van der Waals surface area contributed by atoms with E-state index in [1.54, 1.807) is 30.6 Å². The zero-order valence-corrected chi connectivity index (χ0v) is 10.1. The summed E-state index contributed by atoms with van der Waals surface area (Å²) in [5, 5.41) is 9.14. The van der Waals surface area contributed by atoms with Gasteiger partial charge in [0.1, 0.15) is 0 Å². The predicted molar refractivity (Wildman–Crippen MR) is 68.6 cm³/mol. The van der Waals surface area contributed by atoms with Crippen LogP contribution in [0.15, 0.2) is 42.7 Å². The molecule has 0 aliphatic rings. The summed E-state index contributed by atoms with van der Waals surface area (Å²) >= 11 is 0. The van der Waals surface area contributed by atoms with Crippen LogP contribution in [0.1, 0.15) is 15.9 Å². The van der Waals surface area contributed by atoms with Gasteiger partial charge in [0, 0.05) is 12.4 Å². The first kappa shape index (κ1) is 13.2. The van der Waals surface area contributed by atoms with E-state index in [-0.39, 0.29) is 12.4 Å². The number of hydrogen-bond acceptors (Lipinski definition) is 2. The Balaban J connectivity index is 0.00000144. The van der Waals surface area contributed by atoms with Gasteiger partial charge in [-0.1, -0.05) is 17.7 Å². The van der Waals surface area contributed by atoms with Crippen LogP contribution in [0.4, 0.5) is 0 Å². The van der Waals surface area contributed by atoms with Crippen molar-refractivity contribution in [2.75, 3.05) is 0 Å². The molecule has 0 radical (unpaired) electrons. The van der Waals surface area contributed by atoms with Gasteiger partial charge in [0.2, 0.25) is 0 Å². The van der Waals surface area contributed by atoms with Gasteiger partial charge < -0.3 is 5.11 Å². The van der Waals surface area contributed by atoms with Gasteiger partial charge in [0.25, 0.3) is 0 Å². The van der Waals surface area contributed by atoms with Gasteiger partial charge in [-0.15, -0.1) is 12.4 Å². The Morgan fingerprint density at radius 1 is 1.18 bits per heavy atom.